The van der Waals surface area contributed by atoms with E-state index in [9.17, 15) is 28.0 Å². The first-order valence-electron chi connectivity index (χ1n) is 8.80. The van der Waals surface area contributed by atoms with Crippen LogP contribution in [-0.4, -0.2) is 23.5 Å². The Morgan fingerprint density at radius 2 is 1.33 bits per heavy atom. The number of Topliss-reactive ketones (excluding diaryl/α,β-unsaturated/α-hetero) is 1. The highest BCUT2D eigenvalue weighted by atomic mass is 19.1. The maximum Gasteiger partial charge on any atom is 0.346 e. The fourth-order valence-electron chi connectivity index (χ4n) is 2.72. The Morgan fingerprint density at radius 3 is 1.83 bits per heavy atom. The third-order valence-electron chi connectivity index (χ3n) is 4.20. The van der Waals surface area contributed by atoms with E-state index in [1.807, 2.05) is 0 Å². The molecule has 1 aliphatic rings. The van der Waals surface area contributed by atoms with Crippen molar-refractivity contribution < 1.29 is 37.4 Å². The van der Waals surface area contributed by atoms with Crippen molar-refractivity contribution in [3.63, 3.8) is 0 Å². The molecule has 0 saturated heterocycles. The van der Waals surface area contributed by atoms with Gasteiger partial charge in [-0.25, -0.2) is 18.4 Å². The largest absolute Gasteiger partial charge is 0.418 e. The second-order valence-corrected chi connectivity index (χ2v) is 6.10. The van der Waals surface area contributed by atoms with E-state index in [0.29, 0.717) is 6.08 Å². The van der Waals surface area contributed by atoms with Gasteiger partial charge in [0.1, 0.15) is 11.6 Å². The van der Waals surface area contributed by atoms with Gasteiger partial charge in [-0.2, -0.15) is 0 Å². The zero-order valence-electron chi connectivity index (χ0n) is 15.6. The summed E-state index contributed by atoms with van der Waals surface area (Å²) in [4.78, 5) is 49.4. The van der Waals surface area contributed by atoms with Crippen LogP contribution in [0.15, 0.2) is 71.7 Å². The Morgan fingerprint density at radius 1 is 0.833 bits per heavy atom. The van der Waals surface area contributed by atoms with Crippen molar-refractivity contribution in [2.24, 2.45) is 0 Å². The molecule has 0 heterocycles. The number of hydrogen-bond donors (Lipinski definition) is 0. The van der Waals surface area contributed by atoms with Crippen LogP contribution in [0.4, 0.5) is 8.78 Å². The molecular weight excluding hydrogens is 398 g/mol. The standard InChI is InChI=1S/C22H14F2O6/c1-2-12-19(26)18(29-21(27)13-7-3-5-9-15(13)23)11-17(25)20(12)30-22(28)14-8-4-6-10-16(14)24/h3-11H,2H2,1H3. The summed E-state index contributed by atoms with van der Waals surface area (Å²) < 4.78 is 37.4. The van der Waals surface area contributed by atoms with Gasteiger partial charge in [-0.1, -0.05) is 31.2 Å². The molecule has 6 nitrogen and oxygen atoms in total. The number of allylic oxidation sites excluding steroid dienone is 2. The predicted molar refractivity (Wildman–Crippen MR) is 99.0 cm³/mol. The monoisotopic (exact) mass is 412 g/mol. The molecule has 3 rings (SSSR count). The van der Waals surface area contributed by atoms with Gasteiger partial charge < -0.3 is 9.47 Å². The van der Waals surface area contributed by atoms with Gasteiger partial charge in [0.2, 0.25) is 11.6 Å². The van der Waals surface area contributed by atoms with Crippen molar-refractivity contribution in [3.05, 3.63) is 94.5 Å². The minimum Gasteiger partial charge on any atom is -0.418 e. The molecule has 0 aromatic heterocycles. The Bertz CT molecular complexity index is 1130. The number of ketones is 2. The number of halogens is 2. The lowest BCUT2D eigenvalue weighted by atomic mass is 9.97. The normalized spacial score (nSPS) is 13.8. The Balaban J connectivity index is 1.85. The molecular formula is C22H14F2O6. The van der Waals surface area contributed by atoms with E-state index in [1.165, 1.54) is 31.2 Å². The van der Waals surface area contributed by atoms with Gasteiger partial charge in [0.15, 0.2) is 11.5 Å². The molecule has 0 atom stereocenters. The molecule has 0 bridgehead atoms. The number of carbonyl (C=O) groups excluding carboxylic acids is 4. The fraction of sp³-hybridized carbons (Fsp3) is 0.0909. The Kier molecular flexibility index (Phi) is 5.96. The number of esters is 2. The van der Waals surface area contributed by atoms with Crippen molar-refractivity contribution in [1.29, 1.82) is 0 Å². The highest BCUT2D eigenvalue weighted by molar-refractivity contribution is 6.22. The summed E-state index contributed by atoms with van der Waals surface area (Å²) in [6.45, 7) is 1.51. The summed E-state index contributed by atoms with van der Waals surface area (Å²) in [5.41, 5.74) is -1.07. The summed E-state index contributed by atoms with van der Waals surface area (Å²) in [5.74, 6) is -7.05. The van der Waals surface area contributed by atoms with Crippen LogP contribution in [0.2, 0.25) is 0 Å². The minimum absolute atomic E-state index is 0.0426. The number of ether oxygens (including phenoxy) is 2. The molecule has 8 heteroatoms. The maximum absolute atomic E-state index is 13.8. The molecule has 0 N–H and O–H groups in total. The summed E-state index contributed by atoms with van der Waals surface area (Å²) >= 11 is 0. The zero-order valence-corrected chi connectivity index (χ0v) is 15.6. The second kappa shape index (κ2) is 8.60. The van der Waals surface area contributed by atoms with E-state index >= 15 is 0 Å². The van der Waals surface area contributed by atoms with E-state index in [2.05, 4.69) is 0 Å². The average molecular weight is 412 g/mol. The number of carbonyl (C=O) groups is 4. The first-order chi connectivity index (χ1) is 14.3. The highest BCUT2D eigenvalue weighted by Gasteiger charge is 2.33. The molecule has 0 amide bonds. The van der Waals surface area contributed by atoms with Crippen LogP contribution in [0.1, 0.15) is 34.1 Å². The van der Waals surface area contributed by atoms with E-state index in [0.717, 1.165) is 24.3 Å². The Labute approximate surface area is 169 Å². The molecule has 1 aliphatic carbocycles. The summed E-state index contributed by atoms with van der Waals surface area (Å²) in [6, 6.07) is 9.95. The topological polar surface area (TPSA) is 86.7 Å². The first-order valence-corrected chi connectivity index (χ1v) is 8.80. The van der Waals surface area contributed by atoms with Gasteiger partial charge in [0.25, 0.3) is 0 Å². The molecule has 2 aromatic rings. The Hall–Kier alpha value is -3.94. The molecule has 0 fully saturated rings. The zero-order chi connectivity index (χ0) is 21.8. The molecule has 152 valence electrons. The van der Waals surface area contributed by atoms with Crippen molar-refractivity contribution in [2.75, 3.05) is 0 Å². The van der Waals surface area contributed by atoms with Crippen molar-refractivity contribution in [3.8, 4) is 0 Å². The summed E-state index contributed by atoms with van der Waals surface area (Å²) in [5, 5.41) is 0. The van der Waals surface area contributed by atoms with Crippen LogP contribution in [0, 0.1) is 11.6 Å². The average Bonchev–Trinajstić information content (AvgIpc) is 2.72. The second-order valence-electron chi connectivity index (χ2n) is 6.10. The molecule has 0 saturated carbocycles. The predicted octanol–water partition coefficient (Wildman–Crippen LogP) is 3.68. The molecule has 0 radical (unpaired) electrons. The number of benzene rings is 2. The number of hydrogen-bond acceptors (Lipinski definition) is 6. The van der Waals surface area contributed by atoms with Gasteiger partial charge >= 0.3 is 11.9 Å². The lowest BCUT2D eigenvalue weighted by Crippen LogP contribution is -2.25. The van der Waals surface area contributed by atoms with Crippen molar-refractivity contribution in [1.82, 2.24) is 0 Å². The maximum atomic E-state index is 13.8. The van der Waals surface area contributed by atoms with Crippen molar-refractivity contribution in [2.45, 2.75) is 13.3 Å². The highest BCUT2D eigenvalue weighted by Crippen LogP contribution is 2.26. The van der Waals surface area contributed by atoms with Crippen LogP contribution in [0.3, 0.4) is 0 Å². The lowest BCUT2D eigenvalue weighted by molar-refractivity contribution is -0.119. The van der Waals surface area contributed by atoms with Crippen LogP contribution >= 0.6 is 0 Å². The molecule has 2 aromatic carbocycles. The first kappa shape index (κ1) is 20.8. The van der Waals surface area contributed by atoms with Gasteiger partial charge in [0, 0.05) is 6.08 Å². The third kappa shape index (κ3) is 4.07. The van der Waals surface area contributed by atoms with Gasteiger partial charge in [-0.15, -0.1) is 0 Å². The number of rotatable bonds is 5. The van der Waals surface area contributed by atoms with E-state index in [-0.39, 0.29) is 12.0 Å². The SMILES string of the molecule is CCC1=C(OC(=O)c2ccccc2F)C(=O)C=C(OC(=O)c2ccccc2F)C1=O. The van der Waals surface area contributed by atoms with Gasteiger partial charge in [-0.05, 0) is 30.7 Å². The molecule has 30 heavy (non-hydrogen) atoms. The molecule has 0 spiro atoms. The lowest BCUT2D eigenvalue weighted by Gasteiger charge is -2.17. The smallest absolute Gasteiger partial charge is 0.346 e. The summed E-state index contributed by atoms with van der Waals surface area (Å²) in [7, 11) is 0. The molecule has 0 aliphatic heterocycles. The van der Waals surface area contributed by atoms with Gasteiger partial charge in [-0.3, -0.25) is 9.59 Å². The van der Waals surface area contributed by atoms with Crippen molar-refractivity contribution >= 4 is 23.5 Å². The molecule has 0 unspecified atom stereocenters. The third-order valence-corrected chi connectivity index (χ3v) is 4.20. The summed E-state index contributed by atoms with van der Waals surface area (Å²) in [6.07, 6.45) is 0.628. The van der Waals surface area contributed by atoms with Crippen LogP contribution in [0.25, 0.3) is 0 Å². The van der Waals surface area contributed by atoms with E-state index < -0.39 is 57.8 Å². The quantitative estimate of drug-likeness (QED) is 0.550. The van der Waals surface area contributed by atoms with Crippen LogP contribution in [-0.2, 0) is 19.1 Å². The minimum atomic E-state index is -1.16. The van der Waals surface area contributed by atoms with Crippen LogP contribution in [0.5, 0.6) is 0 Å². The fourth-order valence-corrected chi connectivity index (χ4v) is 2.72. The van der Waals surface area contributed by atoms with E-state index in [1.54, 1.807) is 0 Å². The van der Waals surface area contributed by atoms with Gasteiger partial charge in [0.05, 0.1) is 16.7 Å². The van der Waals surface area contributed by atoms with Crippen LogP contribution < -0.4 is 0 Å². The van der Waals surface area contributed by atoms with E-state index in [4.69, 9.17) is 9.47 Å².